The van der Waals surface area contributed by atoms with Crippen molar-refractivity contribution in [2.75, 3.05) is 27.2 Å². The van der Waals surface area contributed by atoms with Crippen molar-refractivity contribution in [2.24, 2.45) is 0 Å². The monoisotopic (exact) mass is 394 g/mol. The minimum atomic E-state index is -0.221. The molecule has 0 fully saturated rings. The largest absolute Gasteiger partial charge is 0.352 e. The zero-order chi connectivity index (χ0) is 20.4. The molecule has 0 saturated heterocycles. The summed E-state index contributed by atoms with van der Waals surface area (Å²) in [7, 11) is 4.02. The molecule has 1 aromatic carbocycles. The second-order valence-corrected chi connectivity index (χ2v) is 7.77. The summed E-state index contributed by atoms with van der Waals surface area (Å²) in [5.41, 5.74) is 4.25. The first-order chi connectivity index (χ1) is 14.0. The Morgan fingerprint density at radius 1 is 1.17 bits per heavy atom. The van der Waals surface area contributed by atoms with Crippen molar-refractivity contribution in [2.45, 2.75) is 32.1 Å². The molecule has 0 unspecified atom stereocenters. The van der Waals surface area contributed by atoms with Crippen LogP contribution in [0.25, 0.3) is 16.7 Å². The first kappa shape index (κ1) is 19.3. The highest BCUT2D eigenvalue weighted by atomic mass is 16.1. The predicted molar refractivity (Wildman–Crippen MR) is 112 cm³/mol. The molecule has 1 amide bonds. The van der Waals surface area contributed by atoms with Gasteiger partial charge in [-0.1, -0.05) is 0 Å². The molecule has 2 heterocycles. The summed E-state index contributed by atoms with van der Waals surface area (Å²) in [6.45, 7) is 1.55. The molecule has 0 spiro atoms. The second-order valence-electron chi connectivity index (χ2n) is 7.77. The van der Waals surface area contributed by atoms with E-state index in [1.54, 1.807) is 24.3 Å². The number of aromatic amines is 1. The van der Waals surface area contributed by atoms with Gasteiger partial charge in [-0.3, -0.25) is 14.7 Å². The van der Waals surface area contributed by atoms with E-state index in [-0.39, 0.29) is 11.5 Å². The number of hydrogen-bond acceptors (Lipinski definition) is 5. The number of carbonyl (C=O) groups excluding carboxylic acids is 1. The van der Waals surface area contributed by atoms with Crippen molar-refractivity contribution in [3.8, 4) is 5.69 Å². The third-order valence-electron chi connectivity index (χ3n) is 5.33. The van der Waals surface area contributed by atoms with E-state index in [2.05, 4.69) is 25.5 Å². The first-order valence-electron chi connectivity index (χ1n) is 10.1. The average molecular weight is 394 g/mol. The molecule has 3 aromatic rings. The Labute approximate surface area is 168 Å². The van der Waals surface area contributed by atoms with E-state index in [9.17, 15) is 9.59 Å². The molecular formula is C21H26N6O2. The topological polar surface area (TPSA) is 95.9 Å². The lowest BCUT2D eigenvalue weighted by molar-refractivity contribution is 0.0952. The average Bonchev–Trinajstić information content (AvgIpc) is 3.08. The number of aryl methyl sites for hydroxylation is 2. The maximum absolute atomic E-state index is 12.8. The molecule has 0 bridgehead atoms. The maximum atomic E-state index is 12.8. The van der Waals surface area contributed by atoms with Gasteiger partial charge in [0.25, 0.3) is 11.5 Å². The molecule has 1 aliphatic carbocycles. The van der Waals surface area contributed by atoms with Gasteiger partial charge >= 0.3 is 0 Å². The van der Waals surface area contributed by atoms with Gasteiger partial charge < -0.3 is 10.2 Å². The molecule has 0 saturated carbocycles. The Hall–Kier alpha value is -3.00. The lowest BCUT2D eigenvalue weighted by atomic mass is 9.96. The number of nitrogens with one attached hydrogen (secondary N) is 2. The van der Waals surface area contributed by atoms with E-state index >= 15 is 0 Å². The quantitative estimate of drug-likeness (QED) is 0.620. The van der Waals surface area contributed by atoms with Crippen LogP contribution in [0.1, 0.15) is 40.9 Å². The SMILES string of the molecule is CN(C)CCCNC(=O)c1ccc(-n2[nH]c3c4c(nnc3c2=O)CCCC4)cc1. The zero-order valence-electron chi connectivity index (χ0n) is 16.9. The van der Waals surface area contributed by atoms with Crippen molar-refractivity contribution in [3.05, 3.63) is 51.4 Å². The second kappa shape index (κ2) is 8.16. The number of aromatic nitrogens is 4. The Morgan fingerprint density at radius 3 is 2.69 bits per heavy atom. The molecule has 0 aliphatic heterocycles. The molecule has 8 heteroatoms. The summed E-state index contributed by atoms with van der Waals surface area (Å²) >= 11 is 0. The molecule has 4 rings (SSSR count). The fourth-order valence-corrected chi connectivity index (χ4v) is 3.75. The summed E-state index contributed by atoms with van der Waals surface area (Å²) in [4.78, 5) is 27.2. The normalized spacial score (nSPS) is 13.6. The minimum Gasteiger partial charge on any atom is -0.352 e. The van der Waals surface area contributed by atoms with Gasteiger partial charge in [-0.05, 0) is 77.0 Å². The van der Waals surface area contributed by atoms with Crippen LogP contribution in [0, 0.1) is 0 Å². The van der Waals surface area contributed by atoms with E-state index in [1.165, 1.54) is 4.68 Å². The Kier molecular flexibility index (Phi) is 5.44. The molecule has 2 aromatic heterocycles. The number of carbonyl (C=O) groups is 1. The Balaban J connectivity index is 1.55. The van der Waals surface area contributed by atoms with Gasteiger partial charge in [0, 0.05) is 17.7 Å². The van der Waals surface area contributed by atoms with Crippen LogP contribution >= 0.6 is 0 Å². The van der Waals surface area contributed by atoms with Crippen molar-refractivity contribution in [3.63, 3.8) is 0 Å². The van der Waals surface area contributed by atoms with Crippen molar-refractivity contribution >= 4 is 16.9 Å². The molecule has 29 heavy (non-hydrogen) atoms. The van der Waals surface area contributed by atoms with Gasteiger partial charge in [-0.2, -0.15) is 5.10 Å². The molecule has 0 atom stereocenters. The Morgan fingerprint density at radius 2 is 1.93 bits per heavy atom. The minimum absolute atomic E-state index is 0.112. The van der Waals surface area contributed by atoms with Crippen molar-refractivity contribution in [1.29, 1.82) is 0 Å². The van der Waals surface area contributed by atoms with Crippen LogP contribution in [0.3, 0.4) is 0 Å². The van der Waals surface area contributed by atoms with E-state index < -0.39 is 0 Å². The molecule has 1 aliphatic rings. The molecule has 2 N–H and O–H groups in total. The van der Waals surface area contributed by atoms with Crippen LogP contribution in [-0.2, 0) is 12.8 Å². The van der Waals surface area contributed by atoms with Crippen LogP contribution in [0.4, 0.5) is 0 Å². The van der Waals surface area contributed by atoms with Gasteiger partial charge in [-0.25, -0.2) is 4.68 Å². The smallest absolute Gasteiger partial charge is 0.299 e. The van der Waals surface area contributed by atoms with Gasteiger partial charge in [0.15, 0.2) is 5.52 Å². The summed E-state index contributed by atoms with van der Waals surface area (Å²) in [6.07, 6.45) is 4.92. The number of benzene rings is 1. The van der Waals surface area contributed by atoms with Crippen LogP contribution in [-0.4, -0.2) is 58.0 Å². The summed E-state index contributed by atoms with van der Waals surface area (Å²) < 4.78 is 1.48. The highest BCUT2D eigenvalue weighted by Crippen LogP contribution is 2.24. The van der Waals surface area contributed by atoms with Crippen LogP contribution in [0.2, 0.25) is 0 Å². The summed E-state index contributed by atoms with van der Waals surface area (Å²) in [5.74, 6) is -0.112. The number of amides is 1. The van der Waals surface area contributed by atoms with Gasteiger partial charge in [0.1, 0.15) is 0 Å². The van der Waals surface area contributed by atoms with Gasteiger partial charge in [0.2, 0.25) is 0 Å². The molecule has 0 radical (unpaired) electrons. The highest BCUT2D eigenvalue weighted by Gasteiger charge is 2.20. The summed E-state index contributed by atoms with van der Waals surface area (Å²) in [5, 5.41) is 14.5. The van der Waals surface area contributed by atoms with E-state index in [0.717, 1.165) is 55.4 Å². The predicted octanol–water partition coefficient (Wildman–Crippen LogP) is 1.67. The number of rotatable bonds is 6. The molecule has 152 valence electrons. The van der Waals surface area contributed by atoms with Crippen LogP contribution in [0.15, 0.2) is 29.1 Å². The number of nitrogens with zero attached hydrogens (tertiary/aromatic N) is 4. The molecular weight excluding hydrogens is 368 g/mol. The Bertz CT molecular complexity index is 1080. The number of fused-ring (bicyclic) bond motifs is 3. The van der Waals surface area contributed by atoms with E-state index in [1.807, 2.05) is 14.1 Å². The van der Waals surface area contributed by atoms with Gasteiger partial charge in [0.05, 0.1) is 16.9 Å². The first-order valence-corrected chi connectivity index (χ1v) is 10.1. The number of H-pyrrole nitrogens is 1. The lowest BCUT2D eigenvalue weighted by Gasteiger charge is -2.13. The zero-order valence-corrected chi connectivity index (χ0v) is 16.9. The standard InChI is InChI=1S/C21H26N6O2/c1-26(2)13-5-12-22-20(28)14-8-10-15(11-9-14)27-21(29)19-18(25-27)16-6-3-4-7-17(16)23-24-19/h8-11,25H,3-7,12-13H2,1-2H3,(H,22,28). The third-order valence-corrected chi connectivity index (χ3v) is 5.33. The van der Waals surface area contributed by atoms with Crippen LogP contribution < -0.4 is 10.9 Å². The van der Waals surface area contributed by atoms with E-state index in [0.29, 0.717) is 23.3 Å². The fourth-order valence-electron chi connectivity index (χ4n) is 3.75. The van der Waals surface area contributed by atoms with Crippen molar-refractivity contribution < 1.29 is 4.79 Å². The number of hydrogen-bond donors (Lipinski definition) is 2. The highest BCUT2D eigenvalue weighted by molar-refractivity contribution is 5.94. The maximum Gasteiger partial charge on any atom is 0.299 e. The van der Waals surface area contributed by atoms with Gasteiger partial charge in [-0.15, -0.1) is 5.10 Å². The lowest BCUT2D eigenvalue weighted by Crippen LogP contribution is -2.27. The molecule has 8 nitrogen and oxygen atoms in total. The van der Waals surface area contributed by atoms with E-state index in [4.69, 9.17) is 0 Å². The van der Waals surface area contributed by atoms with Crippen LogP contribution in [0.5, 0.6) is 0 Å². The van der Waals surface area contributed by atoms with Crippen molar-refractivity contribution in [1.82, 2.24) is 30.2 Å². The fraction of sp³-hybridized carbons (Fsp3) is 0.429. The third kappa shape index (κ3) is 3.93. The summed E-state index contributed by atoms with van der Waals surface area (Å²) in [6, 6.07) is 7.00.